The fourth-order valence-electron chi connectivity index (χ4n) is 2.44. The van der Waals surface area contributed by atoms with Gasteiger partial charge in [0.15, 0.2) is 5.78 Å². The van der Waals surface area contributed by atoms with Crippen molar-refractivity contribution >= 4 is 11.8 Å². The SMILES string of the molecule is CCOC(=O)CCCCCCCC(CC)(OC)C(C)=O. The second-order valence-electron chi connectivity index (χ2n) is 5.18. The van der Waals surface area contributed by atoms with Crippen LogP contribution < -0.4 is 0 Å². The quantitative estimate of drug-likeness (QED) is 0.406. The van der Waals surface area contributed by atoms with Gasteiger partial charge in [0.1, 0.15) is 5.60 Å². The molecule has 4 nitrogen and oxygen atoms in total. The van der Waals surface area contributed by atoms with Crippen LogP contribution in [0, 0.1) is 0 Å². The first kappa shape index (κ1) is 19.1. The lowest BCUT2D eigenvalue weighted by molar-refractivity contribution is -0.143. The van der Waals surface area contributed by atoms with Gasteiger partial charge in [0.25, 0.3) is 0 Å². The molecular formula is C16H30O4. The minimum atomic E-state index is -0.592. The van der Waals surface area contributed by atoms with Gasteiger partial charge in [-0.1, -0.05) is 32.6 Å². The van der Waals surface area contributed by atoms with E-state index in [1.807, 2.05) is 13.8 Å². The summed E-state index contributed by atoms with van der Waals surface area (Å²) in [6, 6.07) is 0. The summed E-state index contributed by atoms with van der Waals surface area (Å²) < 4.78 is 10.3. The van der Waals surface area contributed by atoms with E-state index in [9.17, 15) is 9.59 Å². The molecule has 0 aliphatic heterocycles. The molecule has 0 aliphatic rings. The monoisotopic (exact) mass is 286 g/mol. The van der Waals surface area contributed by atoms with Gasteiger partial charge in [-0.25, -0.2) is 0 Å². The van der Waals surface area contributed by atoms with Crippen molar-refractivity contribution < 1.29 is 19.1 Å². The molecule has 0 fully saturated rings. The second kappa shape index (κ2) is 10.8. The topological polar surface area (TPSA) is 52.6 Å². The van der Waals surface area contributed by atoms with Crippen LogP contribution in [0.1, 0.15) is 72.1 Å². The van der Waals surface area contributed by atoms with Crippen molar-refractivity contribution in [2.24, 2.45) is 0 Å². The zero-order valence-electron chi connectivity index (χ0n) is 13.5. The fourth-order valence-corrected chi connectivity index (χ4v) is 2.44. The van der Waals surface area contributed by atoms with Crippen molar-refractivity contribution in [3.63, 3.8) is 0 Å². The molecule has 0 saturated carbocycles. The van der Waals surface area contributed by atoms with Crippen molar-refractivity contribution in [1.82, 2.24) is 0 Å². The van der Waals surface area contributed by atoms with Crippen LogP contribution in [0.5, 0.6) is 0 Å². The molecule has 0 spiro atoms. The first-order chi connectivity index (χ1) is 9.52. The summed E-state index contributed by atoms with van der Waals surface area (Å²) in [4.78, 5) is 22.8. The van der Waals surface area contributed by atoms with Gasteiger partial charge >= 0.3 is 5.97 Å². The van der Waals surface area contributed by atoms with E-state index >= 15 is 0 Å². The lowest BCUT2D eigenvalue weighted by Crippen LogP contribution is -2.38. The lowest BCUT2D eigenvalue weighted by Gasteiger charge is -2.28. The van der Waals surface area contributed by atoms with Gasteiger partial charge < -0.3 is 9.47 Å². The van der Waals surface area contributed by atoms with Gasteiger partial charge in [-0.05, 0) is 33.1 Å². The van der Waals surface area contributed by atoms with Crippen molar-refractivity contribution in [3.05, 3.63) is 0 Å². The highest BCUT2D eigenvalue weighted by Gasteiger charge is 2.32. The standard InChI is InChI=1S/C16H30O4/c1-5-16(19-4,14(3)17)13-11-9-7-8-10-12-15(18)20-6-2/h5-13H2,1-4H3. The van der Waals surface area contributed by atoms with Gasteiger partial charge in [0.05, 0.1) is 6.61 Å². The summed E-state index contributed by atoms with van der Waals surface area (Å²) in [7, 11) is 1.62. The normalized spacial score (nSPS) is 13.8. The number of unbranched alkanes of at least 4 members (excludes halogenated alkanes) is 4. The Balaban J connectivity index is 3.70. The Hall–Kier alpha value is -0.900. The molecule has 0 aromatic heterocycles. The first-order valence-electron chi connectivity index (χ1n) is 7.74. The van der Waals surface area contributed by atoms with Gasteiger partial charge in [-0.15, -0.1) is 0 Å². The number of rotatable bonds is 12. The van der Waals surface area contributed by atoms with E-state index in [1.54, 1.807) is 14.0 Å². The minimum absolute atomic E-state index is 0.103. The van der Waals surface area contributed by atoms with Crippen LogP contribution in [-0.4, -0.2) is 31.1 Å². The zero-order chi connectivity index (χ0) is 15.4. The Morgan fingerprint density at radius 1 is 1.00 bits per heavy atom. The minimum Gasteiger partial charge on any atom is -0.466 e. The Bertz CT molecular complexity index is 282. The summed E-state index contributed by atoms with van der Waals surface area (Å²) in [6.07, 6.45) is 7.08. The number of esters is 1. The summed E-state index contributed by atoms with van der Waals surface area (Å²) in [6.45, 7) is 5.87. The van der Waals surface area contributed by atoms with Gasteiger partial charge in [-0.3, -0.25) is 9.59 Å². The smallest absolute Gasteiger partial charge is 0.305 e. The predicted octanol–water partition coefficient (Wildman–Crippen LogP) is 3.66. The number of carbonyl (C=O) groups is 2. The Morgan fingerprint density at radius 2 is 1.60 bits per heavy atom. The second-order valence-corrected chi connectivity index (χ2v) is 5.18. The number of hydrogen-bond acceptors (Lipinski definition) is 4. The molecule has 20 heavy (non-hydrogen) atoms. The molecule has 0 saturated heterocycles. The largest absolute Gasteiger partial charge is 0.466 e. The van der Waals surface area contributed by atoms with Crippen LogP contribution in [0.4, 0.5) is 0 Å². The van der Waals surface area contributed by atoms with E-state index in [0.29, 0.717) is 13.0 Å². The van der Waals surface area contributed by atoms with Crippen LogP contribution in [0.15, 0.2) is 0 Å². The molecule has 0 aliphatic carbocycles. The zero-order valence-corrected chi connectivity index (χ0v) is 13.5. The average Bonchev–Trinajstić information content (AvgIpc) is 2.42. The third kappa shape index (κ3) is 7.04. The van der Waals surface area contributed by atoms with Crippen molar-refractivity contribution in [2.45, 2.75) is 77.7 Å². The molecule has 1 unspecified atom stereocenters. The third-order valence-corrected chi connectivity index (χ3v) is 3.87. The van der Waals surface area contributed by atoms with Crippen molar-refractivity contribution in [3.8, 4) is 0 Å². The number of carbonyl (C=O) groups excluding carboxylic acids is 2. The van der Waals surface area contributed by atoms with E-state index < -0.39 is 5.60 Å². The van der Waals surface area contributed by atoms with Crippen LogP contribution in [0.2, 0.25) is 0 Å². The van der Waals surface area contributed by atoms with Gasteiger partial charge in [-0.2, -0.15) is 0 Å². The van der Waals surface area contributed by atoms with Crippen LogP contribution in [-0.2, 0) is 19.1 Å². The molecule has 0 rings (SSSR count). The predicted molar refractivity (Wildman–Crippen MR) is 79.7 cm³/mol. The van der Waals surface area contributed by atoms with E-state index in [1.165, 1.54) is 0 Å². The summed E-state index contributed by atoms with van der Waals surface area (Å²) >= 11 is 0. The first-order valence-corrected chi connectivity index (χ1v) is 7.74. The maximum atomic E-state index is 11.7. The van der Waals surface area contributed by atoms with Crippen LogP contribution >= 0.6 is 0 Å². The molecule has 0 amide bonds. The van der Waals surface area contributed by atoms with Gasteiger partial charge in [0.2, 0.25) is 0 Å². The molecule has 4 heteroatoms. The average molecular weight is 286 g/mol. The van der Waals surface area contributed by atoms with E-state index in [0.717, 1.165) is 44.9 Å². The van der Waals surface area contributed by atoms with Crippen molar-refractivity contribution in [2.75, 3.05) is 13.7 Å². The van der Waals surface area contributed by atoms with Gasteiger partial charge in [0, 0.05) is 13.5 Å². The number of ether oxygens (including phenoxy) is 2. The van der Waals surface area contributed by atoms with Crippen molar-refractivity contribution in [1.29, 1.82) is 0 Å². The highest BCUT2D eigenvalue weighted by molar-refractivity contribution is 5.84. The molecule has 1 atom stereocenters. The molecule has 0 heterocycles. The molecule has 0 aromatic carbocycles. The number of ketones is 1. The Morgan fingerprint density at radius 3 is 2.10 bits per heavy atom. The lowest BCUT2D eigenvalue weighted by atomic mass is 9.89. The molecular weight excluding hydrogens is 256 g/mol. The van der Waals surface area contributed by atoms with Crippen LogP contribution in [0.25, 0.3) is 0 Å². The third-order valence-electron chi connectivity index (χ3n) is 3.87. The summed E-state index contributed by atoms with van der Waals surface area (Å²) in [5, 5.41) is 0. The van der Waals surface area contributed by atoms with E-state index in [4.69, 9.17) is 9.47 Å². The molecule has 0 N–H and O–H groups in total. The fraction of sp³-hybridized carbons (Fsp3) is 0.875. The number of hydrogen-bond donors (Lipinski definition) is 0. The number of methoxy groups -OCH3 is 1. The Labute approximate surface area is 123 Å². The highest BCUT2D eigenvalue weighted by Crippen LogP contribution is 2.24. The molecule has 0 radical (unpaired) electrons. The summed E-state index contributed by atoms with van der Waals surface area (Å²) in [5.74, 6) is 0.0123. The molecule has 0 bridgehead atoms. The summed E-state index contributed by atoms with van der Waals surface area (Å²) in [5.41, 5.74) is -0.592. The highest BCUT2D eigenvalue weighted by atomic mass is 16.5. The van der Waals surface area contributed by atoms with E-state index in [2.05, 4.69) is 0 Å². The van der Waals surface area contributed by atoms with E-state index in [-0.39, 0.29) is 11.8 Å². The molecule has 0 aromatic rings. The maximum Gasteiger partial charge on any atom is 0.305 e. The number of Topliss-reactive ketones (excluding diaryl/α,β-unsaturated/α-hetero) is 1. The maximum absolute atomic E-state index is 11.7. The van der Waals surface area contributed by atoms with Crippen LogP contribution in [0.3, 0.4) is 0 Å². The molecule has 118 valence electrons. The Kier molecular flexibility index (Phi) is 10.3.